The number of nitrogens with one attached hydrogen (secondary N) is 2. The molecule has 1 atom stereocenters. The number of halogens is 1. The van der Waals surface area contributed by atoms with E-state index in [9.17, 15) is 17.6 Å². The molecule has 7 nitrogen and oxygen atoms in total. The van der Waals surface area contributed by atoms with Gasteiger partial charge in [0.1, 0.15) is 24.2 Å². The quantitative estimate of drug-likeness (QED) is 0.351. The molecule has 2 aromatic rings. The van der Waals surface area contributed by atoms with Crippen LogP contribution in [-0.2, 0) is 21.2 Å². The summed E-state index contributed by atoms with van der Waals surface area (Å²) in [5.74, 6) is 4.44. The van der Waals surface area contributed by atoms with Crippen molar-refractivity contribution in [3.8, 4) is 17.6 Å². The number of hydrogen-bond acceptors (Lipinski definition) is 5. The first kappa shape index (κ1) is 21.4. The molecule has 28 heavy (non-hydrogen) atoms. The highest BCUT2D eigenvalue weighted by Crippen LogP contribution is 2.17. The summed E-state index contributed by atoms with van der Waals surface area (Å²) < 4.78 is 45.8. The topological polar surface area (TPSA) is 105 Å². The highest BCUT2D eigenvalue weighted by molar-refractivity contribution is 7.89. The predicted octanol–water partition coefficient (Wildman–Crippen LogP) is 1.62. The Bertz CT molecular complexity index is 964. The fourth-order valence-electron chi connectivity index (χ4n) is 2.28. The number of amides is 1. The van der Waals surface area contributed by atoms with Crippen molar-refractivity contribution in [1.29, 1.82) is 0 Å². The molecular formula is C19H19FN2O5S. The van der Waals surface area contributed by atoms with Crippen molar-refractivity contribution in [2.24, 2.45) is 0 Å². The van der Waals surface area contributed by atoms with Gasteiger partial charge in [-0.2, -0.15) is 4.72 Å². The second-order valence-corrected chi connectivity index (χ2v) is 7.38. The average Bonchev–Trinajstić information content (AvgIpc) is 2.69. The number of rotatable bonds is 8. The lowest BCUT2D eigenvalue weighted by molar-refractivity contribution is -0.130. The number of ether oxygens (including phenoxy) is 1. The van der Waals surface area contributed by atoms with Crippen molar-refractivity contribution in [2.75, 3.05) is 6.61 Å². The Kier molecular flexibility index (Phi) is 7.52. The van der Waals surface area contributed by atoms with Crippen LogP contribution in [0.2, 0.25) is 0 Å². The lowest BCUT2D eigenvalue weighted by atomic mass is 10.1. The summed E-state index contributed by atoms with van der Waals surface area (Å²) >= 11 is 0. The monoisotopic (exact) mass is 406 g/mol. The molecule has 9 heteroatoms. The maximum absolute atomic E-state index is 13.0. The summed E-state index contributed by atoms with van der Waals surface area (Å²) in [6.07, 6.45) is -0.0806. The second kappa shape index (κ2) is 9.85. The van der Waals surface area contributed by atoms with Gasteiger partial charge in [0.15, 0.2) is 0 Å². The zero-order valence-corrected chi connectivity index (χ0v) is 15.8. The van der Waals surface area contributed by atoms with E-state index in [-0.39, 0.29) is 17.9 Å². The Morgan fingerprint density at radius 3 is 2.39 bits per heavy atom. The molecule has 0 radical (unpaired) electrons. The standard InChI is InChI=1S/C19H19FN2O5S/c1-2-3-12-27-16-8-10-17(11-9-16)28(25,26)22-18(19(23)21-24)13-14-4-6-15(20)7-5-14/h4-11,18,22,24H,12-13H2,1H3,(H,21,23)/t18-/m1/s1. The number of benzene rings is 2. The molecule has 0 aromatic heterocycles. The van der Waals surface area contributed by atoms with Crippen LogP contribution in [0.3, 0.4) is 0 Å². The SMILES string of the molecule is CC#CCOc1ccc(S(=O)(=O)N[C@H](Cc2ccc(F)cc2)C(=O)NO)cc1. The van der Waals surface area contributed by atoms with Crippen LogP contribution in [0.4, 0.5) is 4.39 Å². The summed E-state index contributed by atoms with van der Waals surface area (Å²) in [5.41, 5.74) is 1.95. The molecule has 2 rings (SSSR count). The molecule has 0 unspecified atom stereocenters. The van der Waals surface area contributed by atoms with Crippen LogP contribution in [0.1, 0.15) is 12.5 Å². The largest absolute Gasteiger partial charge is 0.481 e. The predicted molar refractivity (Wildman–Crippen MR) is 99.5 cm³/mol. The van der Waals surface area contributed by atoms with E-state index < -0.39 is 27.8 Å². The summed E-state index contributed by atoms with van der Waals surface area (Å²) in [6, 6.07) is 9.51. The Morgan fingerprint density at radius 1 is 1.18 bits per heavy atom. The summed E-state index contributed by atoms with van der Waals surface area (Å²) in [7, 11) is -4.06. The van der Waals surface area contributed by atoms with Crippen LogP contribution in [0.5, 0.6) is 5.75 Å². The van der Waals surface area contributed by atoms with Gasteiger partial charge in [0.05, 0.1) is 4.90 Å². The van der Waals surface area contributed by atoms with E-state index in [1.54, 1.807) is 6.92 Å². The van der Waals surface area contributed by atoms with Gasteiger partial charge in [-0.1, -0.05) is 18.1 Å². The number of hydroxylamine groups is 1. The Balaban J connectivity index is 2.15. The minimum Gasteiger partial charge on any atom is -0.481 e. The average molecular weight is 406 g/mol. The molecule has 0 aliphatic heterocycles. The lowest BCUT2D eigenvalue weighted by Gasteiger charge is -2.17. The van der Waals surface area contributed by atoms with Gasteiger partial charge in [-0.3, -0.25) is 10.0 Å². The van der Waals surface area contributed by atoms with Crippen LogP contribution < -0.4 is 14.9 Å². The molecule has 148 valence electrons. The fraction of sp³-hybridized carbons (Fsp3) is 0.211. The molecule has 0 bridgehead atoms. The van der Waals surface area contributed by atoms with Gasteiger partial charge >= 0.3 is 0 Å². The van der Waals surface area contributed by atoms with Gasteiger partial charge in [-0.05, 0) is 55.3 Å². The second-order valence-electron chi connectivity index (χ2n) is 5.67. The van der Waals surface area contributed by atoms with E-state index in [4.69, 9.17) is 9.94 Å². The van der Waals surface area contributed by atoms with Gasteiger partial charge in [0.25, 0.3) is 5.91 Å². The first-order valence-electron chi connectivity index (χ1n) is 8.19. The van der Waals surface area contributed by atoms with E-state index in [2.05, 4.69) is 16.6 Å². The van der Waals surface area contributed by atoms with Crippen molar-refractivity contribution in [3.05, 3.63) is 59.9 Å². The number of carbonyl (C=O) groups excluding carboxylic acids is 1. The Labute approximate surface area is 162 Å². The van der Waals surface area contributed by atoms with Crippen LogP contribution in [0, 0.1) is 17.7 Å². The van der Waals surface area contributed by atoms with Crippen LogP contribution >= 0.6 is 0 Å². The van der Waals surface area contributed by atoms with Gasteiger partial charge in [-0.25, -0.2) is 18.3 Å². The van der Waals surface area contributed by atoms with Gasteiger partial charge in [-0.15, -0.1) is 5.92 Å². The van der Waals surface area contributed by atoms with Crippen molar-refractivity contribution in [2.45, 2.75) is 24.3 Å². The van der Waals surface area contributed by atoms with E-state index in [1.165, 1.54) is 54.0 Å². The molecule has 0 fully saturated rings. The van der Waals surface area contributed by atoms with E-state index in [1.807, 2.05) is 0 Å². The van der Waals surface area contributed by atoms with Crippen molar-refractivity contribution >= 4 is 15.9 Å². The van der Waals surface area contributed by atoms with Gasteiger partial charge in [0.2, 0.25) is 10.0 Å². The van der Waals surface area contributed by atoms with E-state index in [0.29, 0.717) is 11.3 Å². The summed E-state index contributed by atoms with van der Waals surface area (Å²) in [5, 5.41) is 8.91. The Hall–Kier alpha value is -2.93. The maximum atomic E-state index is 13.0. The molecule has 0 spiro atoms. The number of sulfonamides is 1. The summed E-state index contributed by atoms with van der Waals surface area (Å²) in [6.45, 7) is 1.85. The molecule has 3 N–H and O–H groups in total. The first-order valence-corrected chi connectivity index (χ1v) is 9.67. The molecule has 0 heterocycles. The maximum Gasteiger partial charge on any atom is 0.261 e. The fourth-order valence-corrected chi connectivity index (χ4v) is 3.48. The zero-order valence-electron chi connectivity index (χ0n) is 15.0. The van der Waals surface area contributed by atoms with Gasteiger partial charge < -0.3 is 4.74 Å². The molecule has 0 aliphatic carbocycles. The lowest BCUT2D eigenvalue weighted by Crippen LogP contribution is -2.47. The minimum absolute atomic E-state index is 0.0806. The number of hydrogen-bond donors (Lipinski definition) is 3. The van der Waals surface area contributed by atoms with Crippen molar-refractivity contribution in [1.82, 2.24) is 10.2 Å². The number of carbonyl (C=O) groups is 1. The molecular weight excluding hydrogens is 387 g/mol. The molecule has 0 saturated carbocycles. The minimum atomic E-state index is -4.06. The van der Waals surface area contributed by atoms with Gasteiger partial charge in [0, 0.05) is 0 Å². The third kappa shape index (κ3) is 6.06. The molecule has 1 amide bonds. The first-order chi connectivity index (χ1) is 13.4. The normalized spacial score (nSPS) is 11.8. The van der Waals surface area contributed by atoms with Crippen molar-refractivity contribution < 1.29 is 27.5 Å². The third-order valence-electron chi connectivity index (χ3n) is 3.70. The van der Waals surface area contributed by atoms with Crippen LogP contribution in [0.25, 0.3) is 0 Å². The molecule has 0 saturated heterocycles. The molecule has 0 aliphatic rings. The van der Waals surface area contributed by atoms with Crippen molar-refractivity contribution in [3.63, 3.8) is 0 Å². The zero-order chi connectivity index (χ0) is 20.6. The van der Waals surface area contributed by atoms with E-state index in [0.717, 1.165) is 0 Å². The highest BCUT2D eigenvalue weighted by atomic mass is 32.2. The third-order valence-corrected chi connectivity index (χ3v) is 5.19. The summed E-state index contributed by atoms with van der Waals surface area (Å²) in [4.78, 5) is 11.8. The highest BCUT2D eigenvalue weighted by Gasteiger charge is 2.26. The smallest absolute Gasteiger partial charge is 0.261 e. The van der Waals surface area contributed by atoms with E-state index >= 15 is 0 Å². The Morgan fingerprint density at radius 2 is 1.82 bits per heavy atom. The molecule has 2 aromatic carbocycles. The van der Waals surface area contributed by atoms with Crippen LogP contribution in [-0.4, -0.2) is 32.2 Å². The van der Waals surface area contributed by atoms with Crippen LogP contribution in [0.15, 0.2) is 53.4 Å².